The van der Waals surface area contributed by atoms with Gasteiger partial charge in [-0.1, -0.05) is 0 Å². The van der Waals surface area contributed by atoms with Crippen molar-refractivity contribution in [3.05, 3.63) is 47.0 Å². The third-order valence-electron chi connectivity index (χ3n) is 3.22. The molecular formula is C15H19N5O2. The van der Waals surface area contributed by atoms with Gasteiger partial charge in [0.1, 0.15) is 5.69 Å². The lowest BCUT2D eigenvalue weighted by molar-refractivity contribution is 0.0944. The normalized spacial score (nSPS) is 10.5. The minimum Gasteiger partial charge on any atom is -0.366 e. The molecular weight excluding hydrogens is 282 g/mol. The van der Waals surface area contributed by atoms with Gasteiger partial charge in [-0.15, -0.1) is 0 Å². The van der Waals surface area contributed by atoms with Crippen LogP contribution in [0.2, 0.25) is 0 Å². The zero-order valence-corrected chi connectivity index (χ0v) is 12.7. The van der Waals surface area contributed by atoms with Gasteiger partial charge in [-0.3, -0.25) is 19.3 Å². The van der Waals surface area contributed by atoms with Gasteiger partial charge in [0.05, 0.1) is 11.3 Å². The smallest absolute Gasteiger partial charge is 0.269 e. The quantitative estimate of drug-likeness (QED) is 0.771. The minimum atomic E-state index is -0.565. The monoisotopic (exact) mass is 301 g/mol. The largest absolute Gasteiger partial charge is 0.366 e. The molecule has 3 N–H and O–H groups in total. The second-order valence-electron chi connectivity index (χ2n) is 5.06. The van der Waals surface area contributed by atoms with Crippen molar-refractivity contribution in [2.75, 3.05) is 6.54 Å². The molecule has 116 valence electrons. The number of primary amides is 1. The third kappa shape index (κ3) is 3.91. The Morgan fingerprint density at radius 3 is 2.64 bits per heavy atom. The molecule has 2 heterocycles. The Balaban J connectivity index is 1.80. The van der Waals surface area contributed by atoms with E-state index in [9.17, 15) is 9.59 Å². The molecule has 7 heteroatoms. The highest BCUT2D eigenvalue weighted by molar-refractivity contribution is 5.95. The number of hydrogen-bond acceptors (Lipinski definition) is 4. The number of nitrogens with zero attached hydrogens (tertiary/aromatic N) is 3. The first-order chi connectivity index (χ1) is 10.5. The topological polar surface area (TPSA) is 103 Å². The van der Waals surface area contributed by atoms with Crippen LogP contribution in [0.5, 0.6) is 0 Å². The number of aryl methyl sites for hydroxylation is 3. The van der Waals surface area contributed by atoms with Crippen molar-refractivity contribution in [3.8, 4) is 0 Å². The number of nitrogens with two attached hydrogens (primary N) is 1. The van der Waals surface area contributed by atoms with Gasteiger partial charge in [0.2, 0.25) is 5.91 Å². The standard InChI is InChI=1S/C15H19N5O2/c1-10-8-11(2)20(19-10)7-3-6-17-15(22)13-5-4-12(9-18-13)14(16)21/h4-5,8-9H,3,6-7H2,1-2H3,(H2,16,21)(H,17,22). The van der Waals surface area contributed by atoms with Gasteiger partial charge in [-0.05, 0) is 38.5 Å². The van der Waals surface area contributed by atoms with Gasteiger partial charge in [-0.2, -0.15) is 5.10 Å². The van der Waals surface area contributed by atoms with E-state index in [1.54, 1.807) is 0 Å². The van der Waals surface area contributed by atoms with Crippen molar-refractivity contribution < 1.29 is 9.59 Å². The molecule has 0 aliphatic rings. The van der Waals surface area contributed by atoms with Crippen LogP contribution in [-0.4, -0.2) is 33.1 Å². The van der Waals surface area contributed by atoms with E-state index in [2.05, 4.69) is 15.4 Å². The SMILES string of the molecule is Cc1cc(C)n(CCCNC(=O)c2ccc(C(N)=O)cn2)n1. The van der Waals surface area contributed by atoms with E-state index in [1.165, 1.54) is 18.3 Å². The molecule has 0 saturated carbocycles. The summed E-state index contributed by atoms with van der Waals surface area (Å²) in [5.41, 5.74) is 7.75. The van der Waals surface area contributed by atoms with Crippen LogP contribution in [0.4, 0.5) is 0 Å². The van der Waals surface area contributed by atoms with Gasteiger partial charge in [0, 0.05) is 25.0 Å². The summed E-state index contributed by atoms with van der Waals surface area (Å²) in [4.78, 5) is 26.8. The Morgan fingerprint density at radius 1 is 1.32 bits per heavy atom. The van der Waals surface area contributed by atoms with Crippen LogP contribution in [0, 0.1) is 13.8 Å². The summed E-state index contributed by atoms with van der Waals surface area (Å²) >= 11 is 0. The zero-order chi connectivity index (χ0) is 16.1. The van der Waals surface area contributed by atoms with Crippen LogP contribution in [0.1, 0.15) is 38.7 Å². The second kappa shape index (κ2) is 6.84. The van der Waals surface area contributed by atoms with Gasteiger partial charge in [-0.25, -0.2) is 0 Å². The Kier molecular flexibility index (Phi) is 4.88. The lowest BCUT2D eigenvalue weighted by Gasteiger charge is -2.06. The summed E-state index contributed by atoms with van der Waals surface area (Å²) in [6, 6.07) is 4.99. The first-order valence-corrected chi connectivity index (χ1v) is 7.02. The fourth-order valence-corrected chi connectivity index (χ4v) is 2.10. The lowest BCUT2D eigenvalue weighted by atomic mass is 10.2. The Labute approximate surface area is 128 Å². The van der Waals surface area contributed by atoms with Gasteiger partial charge in [0.25, 0.3) is 5.91 Å². The van der Waals surface area contributed by atoms with Crippen LogP contribution in [0.15, 0.2) is 24.4 Å². The van der Waals surface area contributed by atoms with Crippen molar-refractivity contribution in [1.82, 2.24) is 20.1 Å². The van der Waals surface area contributed by atoms with Crippen molar-refractivity contribution >= 4 is 11.8 Å². The summed E-state index contributed by atoms with van der Waals surface area (Å²) in [5.74, 6) is -0.839. The number of aromatic nitrogens is 3. The van der Waals surface area contributed by atoms with Crippen LogP contribution < -0.4 is 11.1 Å². The van der Waals surface area contributed by atoms with Crippen LogP contribution >= 0.6 is 0 Å². The van der Waals surface area contributed by atoms with Crippen LogP contribution in [0.3, 0.4) is 0 Å². The molecule has 0 aromatic carbocycles. The summed E-state index contributed by atoms with van der Waals surface area (Å²) in [5, 5.41) is 7.14. The van der Waals surface area contributed by atoms with Crippen molar-refractivity contribution in [2.24, 2.45) is 5.73 Å². The highest BCUT2D eigenvalue weighted by atomic mass is 16.2. The summed E-state index contributed by atoms with van der Waals surface area (Å²) in [6.45, 7) is 5.22. The highest BCUT2D eigenvalue weighted by Crippen LogP contribution is 2.03. The van der Waals surface area contributed by atoms with Gasteiger partial charge < -0.3 is 11.1 Å². The zero-order valence-electron chi connectivity index (χ0n) is 12.7. The first kappa shape index (κ1) is 15.7. The predicted molar refractivity (Wildman–Crippen MR) is 81.4 cm³/mol. The van der Waals surface area contributed by atoms with E-state index >= 15 is 0 Å². The van der Waals surface area contributed by atoms with E-state index in [1.807, 2.05) is 24.6 Å². The first-order valence-electron chi connectivity index (χ1n) is 7.02. The number of rotatable bonds is 6. The van der Waals surface area contributed by atoms with E-state index in [0.717, 1.165) is 24.4 Å². The Bertz CT molecular complexity index is 676. The molecule has 7 nitrogen and oxygen atoms in total. The summed E-state index contributed by atoms with van der Waals surface area (Å²) in [7, 11) is 0. The molecule has 0 bridgehead atoms. The molecule has 2 amide bonds. The molecule has 0 aliphatic heterocycles. The minimum absolute atomic E-state index is 0.260. The maximum Gasteiger partial charge on any atom is 0.269 e. The maximum atomic E-state index is 11.9. The molecule has 2 rings (SSSR count). The second-order valence-corrected chi connectivity index (χ2v) is 5.06. The number of carbonyl (C=O) groups is 2. The molecule has 2 aromatic rings. The fraction of sp³-hybridized carbons (Fsp3) is 0.333. The van der Waals surface area contributed by atoms with Crippen LogP contribution in [0.25, 0.3) is 0 Å². The molecule has 0 radical (unpaired) electrons. The molecule has 0 atom stereocenters. The molecule has 0 spiro atoms. The average Bonchev–Trinajstić information content (AvgIpc) is 2.81. The lowest BCUT2D eigenvalue weighted by Crippen LogP contribution is -2.26. The Morgan fingerprint density at radius 2 is 2.09 bits per heavy atom. The number of amides is 2. The average molecular weight is 301 g/mol. The number of nitrogens with one attached hydrogen (secondary N) is 1. The van der Waals surface area contributed by atoms with Crippen molar-refractivity contribution in [1.29, 1.82) is 0 Å². The van der Waals surface area contributed by atoms with Gasteiger partial charge in [0.15, 0.2) is 0 Å². The molecule has 2 aromatic heterocycles. The van der Waals surface area contributed by atoms with E-state index in [-0.39, 0.29) is 17.2 Å². The molecule has 0 unspecified atom stereocenters. The summed E-state index contributed by atoms with van der Waals surface area (Å²) < 4.78 is 1.92. The van der Waals surface area contributed by atoms with E-state index in [0.29, 0.717) is 6.54 Å². The van der Waals surface area contributed by atoms with E-state index in [4.69, 9.17) is 5.73 Å². The van der Waals surface area contributed by atoms with Crippen molar-refractivity contribution in [3.63, 3.8) is 0 Å². The molecule has 0 aliphatic carbocycles. The predicted octanol–water partition coefficient (Wildman–Crippen LogP) is 0.814. The number of carbonyl (C=O) groups excluding carboxylic acids is 2. The number of hydrogen-bond donors (Lipinski definition) is 2. The third-order valence-corrected chi connectivity index (χ3v) is 3.22. The molecule has 22 heavy (non-hydrogen) atoms. The molecule has 0 saturated heterocycles. The highest BCUT2D eigenvalue weighted by Gasteiger charge is 2.08. The van der Waals surface area contributed by atoms with Crippen LogP contribution in [-0.2, 0) is 6.54 Å². The maximum absolute atomic E-state index is 11.9. The van der Waals surface area contributed by atoms with Crippen molar-refractivity contribution in [2.45, 2.75) is 26.8 Å². The van der Waals surface area contributed by atoms with E-state index < -0.39 is 5.91 Å². The summed E-state index contributed by atoms with van der Waals surface area (Å²) in [6.07, 6.45) is 2.07. The number of pyridine rings is 1. The molecule has 0 fully saturated rings. The Hall–Kier alpha value is -2.70. The van der Waals surface area contributed by atoms with Gasteiger partial charge >= 0.3 is 0 Å². The fourth-order valence-electron chi connectivity index (χ4n) is 2.10.